The third kappa shape index (κ3) is 8.24. The number of carbonyl (C=O) groups excluding carboxylic acids is 2. The number of hydrogen-bond acceptors (Lipinski definition) is 6. The van der Waals surface area contributed by atoms with E-state index in [0.29, 0.717) is 6.54 Å². The molecule has 0 aliphatic heterocycles. The molecule has 0 bridgehead atoms. The maximum Gasteiger partial charge on any atom is 0.410 e. The number of amides is 2. The Hall–Kier alpha value is -2.84. The summed E-state index contributed by atoms with van der Waals surface area (Å²) in [6.07, 6.45) is 0.961. The summed E-state index contributed by atoms with van der Waals surface area (Å²) >= 11 is 0. The monoisotopic (exact) mass is 392 g/mol. The zero-order chi connectivity index (χ0) is 20.9. The van der Waals surface area contributed by atoms with Crippen LogP contribution < -0.4 is 5.32 Å². The molecular formula is C20H28N2O6. The Morgan fingerprint density at radius 1 is 1.18 bits per heavy atom. The molecule has 1 rings (SSSR count). The fraction of sp³-hybridized carbons (Fsp3) is 0.400. The third-order valence-corrected chi connectivity index (χ3v) is 3.78. The minimum atomic E-state index is -0.991. The molecule has 2 amide bonds. The number of ether oxygens (including phenoxy) is 2. The molecular weight excluding hydrogens is 364 g/mol. The number of aliphatic hydroxyl groups excluding tert-OH is 2. The molecule has 3 N–H and O–H groups in total. The SMILES string of the molecule is C=CCOC(=O)NC(C[C@@H](O)CO)c1ccc(CN(C)C(=O)OCC=C)cc1. The molecule has 0 fully saturated rings. The third-order valence-electron chi connectivity index (χ3n) is 3.78. The molecule has 1 aromatic carbocycles. The van der Waals surface area contributed by atoms with Crippen LogP contribution in [-0.4, -0.2) is 60.3 Å². The number of aliphatic hydroxyl groups is 2. The first-order chi connectivity index (χ1) is 13.4. The van der Waals surface area contributed by atoms with Gasteiger partial charge < -0.3 is 29.9 Å². The van der Waals surface area contributed by atoms with E-state index in [1.807, 2.05) is 12.1 Å². The van der Waals surface area contributed by atoms with Crippen molar-refractivity contribution in [3.05, 3.63) is 60.7 Å². The van der Waals surface area contributed by atoms with E-state index in [1.54, 1.807) is 19.2 Å². The van der Waals surface area contributed by atoms with Crippen LogP contribution in [-0.2, 0) is 16.0 Å². The fourth-order valence-corrected chi connectivity index (χ4v) is 2.38. The van der Waals surface area contributed by atoms with Crippen molar-refractivity contribution in [3.63, 3.8) is 0 Å². The van der Waals surface area contributed by atoms with E-state index >= 15 is 0 Å². The topological polar surface area (TPSA) is 108 Å². The van der Waals surface area contributed by atoms with Crippen molar-refractivity contribution in [2.45, 2.75) is 25.1 Å². The lowest BCUT2D eigenvalue weighted by Gasteiger charge is -2.22. The molecule has 0 aromatic heterocycles. The second-order valence-corrected chi connectivity index (χ2v) is 6.12. The van der Waals surface area contributed by atoms with E-state index in [4.69, 9.17) is 14.6 Å². The standard InChI is InChI=1S/C20H28N2O6/c1-4-10-27-19(25)21-18(12-17(24)14-23)16-8-6-15(7-9-16)13-22(3)20(26)28-11-5-2/h4-9,17-18,23-24H,1-2,10-14H2,3H3,(H,21,25)/t17-,18?/m1/s1. The van der Waals surface area contributed by atoms with Crippen LogP contribution in [0.25, 0.3) is 0 Å². The second kappa shape index (κ2) is 12.5. The van der Waals surface area contributed by atoms with Gasteiger partial charge in [-0.1, -0.05) is 49.6 Å². The van der Waals surface area contributed by atoms with Crippen molar-refractivity contribution in [3.8, 4) is 0 Å². The summed E-state index contributed by atoms with van der Waals surface area (Å²) < 4.78 is 9.88. The first-order valence-corrected chi connectivity index (χ1v) is 8.82. The van der Waals surface area contributed by atoms with Gasteiger partial charge in [0.1, 0.15) is 13.2 Å². The quantitative estimate of drug-likeness (QED) is 0.498. The predicted molar refractivity (Wildman–Crippen MR) is 105 cm³/mol. The number of nitrogens with zero attached hydrogens (tertiary/aromatic N) is 1. The van der Waals surface area contributed by atoms with Crippen molar-refractivity contribution in [1.29, 1.82) is 0 Å². The highest BCUT2D eigenvalue weighted by atomic mass is 16.6. The zero-order valence-electron chi connectivity index (χ0n) is 16.0. The second-order valence-electron chi connectivity index (χ2n) is 6.12. The molecule has 0 aliphatic carbocycles. The lowest BCUT2D eigenvalue weighted by molar-refractivity contribution is 0.0773. The van der Waals surface area contributed by atoms with E-state index in [2.05, 4.69) is 18.5 Å². The average molecular weight is 392 g/mol. The van der Waals surface area contributed by atoms with Gasteiger partial charge in [-0.25, -0.2) is 9.59 Å². The van der Waals surface area contributed by atoms with Crippen LogP contribution >= 0.6 is 0 Å². The normalized spacial score (nSPS) is 12.4. The minimum Gasteiger partial charge on any atom is -0.445 e. The summed E-state index contributed by atoms with van der Waals surface area (Å²) in [4.78, 5) is 25.0. The van der Waals surface area contributed by atoms with E-state index in [0.717, 1.165) is 11.1 Å². The number of hydrogen-bond donors (Lipinski definition) is 3. The Morgan fingerprint density at radius 2 is 1.79 bits per heavy atom. The molecule has 0 spiro atoms. The van der Waals surface area contributed by atoms with Crippen LogP contribution in [0.5, 0.6) is 0 Å². The summed E-state index contributed by atoms with van der Waals surface area (Å²) in [7, 11) is 1.62. The highest BCUT2D eigenvalue weighted by Crippen LogP contribution is 2.20. The fourth-order valence-electron chi connectivity index (χ4n) is 2.38. The lowest BCUT2D eigenvalue weighted by Crippen LogP contribution is -2.32. The number of benzene rings is 1. The average Bonchev–Trinajstić information content (AvgIpc) is 2.70. The molecule has 8 nitrogen and oxygen atoms in total. The van der Waals surface area contributed by atoms with Crippen molar-refractivity contribution in [1.82, 2.24) is 10.2 Å². The van der Waals surface area contributed by atoms with Crippen molar-refractivity contribution >= 4 is 12.2 Å². The highest BCUT2D eigenvalue weighted by Gasteiger charge is 2.19. The summed E-state index contributed by atoms with van der Waals surface area (Å²) in [5.74, 6) is 0. The van der Waals surface area contributed by atoms with Crippen LogP contribution in [0.3, 0.4) is 0 Å². The number of carbonyl (C=O) groups is 2. The molecule has 0 saturated carbocycles. The van der Waals surface area contributed by atoms with E-state index in [-0.39, 0.29) is 19.6 Å². The van der Waals surface area contributed by atoms with E-state index in [1.165, 1.54) is 17.1 Å². The van der Waals surface area contributed by atoms with Gasteiger partial charge >= 0.3 is 12.2 Å². The van der Waals surface area contributed by atoms with Gasteiger partial charge in [0.25, 0.3) is 0 Å². The Morgan fingerprint density at radius 3 is 2.36 bits per heavy atom. The van der Waals surface area contributed by atoms with Crippen LogP contribution in [0, 0.1) is 0 Å². The van der Waals surface area contributed by atoms with E-state index in [9.17, 15) is 14.7 Å². The molecule has 8 heteroatoms. The summed E-state index contributed by atoms with van der Waals surface area (Å²) in [5, 5.41) is 21.5. The highest BCUT2D eigenvalue weighted by molar-refractivity contribution is 5.68. The van der Waals surface area contributed by atoms with Gasteiger partial charge in [-0.3, -0.25) is 0 Å². The molecule has 28 heavy (non-hydrogen) atoms. The van der Waals surface area contributed by atoms with Gasteiger partial charge in [0, 0.05) is 20.0 Å². The van der Waals surface area contributed by atoms with Crippen LogP contribution in [0.15, 0.2) is 49.6 Å². The summed E-state index contributed by atoms with van der Waals surface area (Å²) in [5.41, 5.74) is 1.58. The van der Waals surface area contributed by atoms with Crippen LogP contribution in [0.4, 0.5) is 9.59 Å². The van der Waals surface area contributed by atoms with Gasteiger partial charge in [0.15, 0.2) is 0 Å². The molecule has 1 unspecified atom stereocenters. The van der Waals surface area contributed by atoms with Gasteiger partial charge in [-0.2, -0.15) is 0 Å². The maximum atomic E-state index is 11.8. The molecule has 0 heterocycles. The Balaban J connectivity index is 2.79. The molecule has 154 valence electrons. The van der Waals surface area contributed by atoms with Gasteiger partial charge in [-0.05, 0) is 11.1 Å². The van der Waals surface area contributed by atoms with Gasteiger partial charge in [-0.15, -0.1) is 0 Å². The molecule has 2 atom stereocenters. The lowest BCUT2D eigenvalue weighted by atomic mass is 9.99. The van der Waals surface area contributed by atoms with E-state index < -0.39 is 30.9 Å². The largest absolute Gasteiger partial charge is 0.445 e. The molecule has 1 aromatic rings. The van der Waals surface area contributed by atoms with Gasteiger partial charge in [0.2, 0.25) is 0 Å². The smallest absolute Gasteiger partial charge is 0.410 e. The molecule has 0 radical (unpaired) electrons. The zero-order valence-corrected chi connectivity index (χ0v) is 16.0. The van der Waals surface area contributed by atoms with Crippen LogP contribution in [0.1, 0.15) is 23.6 Å². The minimum absolute atomic E-state index is 0.0638. The first-order valence-electron chi connectivity index (χ1n) is 8.82. The number of nitrogens with one attached hydrogen (secondary N) is 1. The number of rotatable bonds is 11. The summed E-state index contributed by atoms with van der Waals surface area (Å²) in [6, 6.07) is 6.62. The molecule has 0 saturated heterocycles. The Kier molecular flexibility index (Phi) is 10.4. The molecule has 0 aliphatic rings. The number of alkyl carbamates (subject to hydrolysis) is 1. The maximum absolute atomic E-state index is 11.8. The predicted octanol–water partition coefficient (Wildman–Crippen LogP) is 2.14. The van der Waals surface area contributed by atoms with Gasteiger partial charge in [0.05, 0.1) is 18.8 Å². The Labute approximate surface area is 165 Å². The van der Waals surface area contributed by atoms with Crippen molar-refractivity contribution in [2.75, 3.05) is 26.9 Å². The van der Waals surface area contributed by atoms with Crippen molar-refractivity contribution in [2.24, 2.45) is 0 Å². The van der Waals surface area contributed by atoms with Crippen LogP contribution in [0.2, 0.25) is 0 Å². The Bertz CT molecular complexity index is 647. The van der Waals surface area contributed by atoms with Crippen molar-refractivity contribution < 1.29 is 29.3 Å². The summed E-state index contributed by atoms with van der Waals surface area (Å²) in [6.45, 7) is 7.09. The first kappa shape index (κ1) is 23.2.